The molecule has 0 saturated heterocycles. The third kappa shape index (κ3) is 5.05. The average molecular weight is 369 g/mol. The summed E-state index contributed by atoms with van der Waals surface area (Å²) in [5, 5.41) is 6.14. The molecule has 3 aromatic rings. The van der Waals surface area contributed by atoms with Crippen LogP contribution in [0, 0.1) is 0 Å². The van der Waals surface area contributed by atoms with E-state index in [0.717, 1.165) is 24.5 Å². The van der Waals surface area contributed by atoms with Gasteiger partial charge in [-0.25, -0.2) is 0 Å². The van der Waals surface area contributed by atoms with Gasteiger partial charge >= 0.3 is 0 Å². The summed E-state index contributed by atoms with van der Waals surface area (Å²) in [6.07, 6.45) is 0. The molecule has 3 nitrogen and oxygen atoms in total. The minimum absolute atomic E-state index is 0.711. The predicted octanol–water partition coefficient (Wildman–Crippen LogP) is 5.16. The summed E-state index contributed by atoms with van der Waals surface area (Å²) in [6, 6.07) is 22.4. The number of thiophene rings is 1. The molecule has 0 aliphatic heterocycles. The number of anilines is 1. The van der Waals surface area contributed by atoms with E-state index in [1.165, 1.54) is 10.4 Å². The number of benzene rings is 2. The molecule has 1 N–H and O–H groups in total. The maximum atomic E-state index is 5.68. The molecule has 0 aliphatic rings. The number of thiocarbonyl (C=S) groups is 1. The van der Waals surface area contributed by atoms with Crippen LogP contribution in [-0.4, -0.2) is 17.1 Å². The molecule has 5 heteroatoms. The lowest BCUT2D eigenvalue weighted by Gasteiger charge is -2.25. The summed E-state index contributed by atoms with van der Waals surface area (Å²) in [5.74, 6) is 0.830. The van der Waals surface area contributed by atoms with Gasteiger partial charge in [0.25, 0.3) is 0 Å². The summed E-state index contributed by atoms with van der Waals surface area (Å²) in [7, 11) is 1.66. The van der Waals surface area contributed by atoms with Crippen LogP contribution in [0.25, 0.3) is 0 Å². The molecule has 0 aliphatic carbocycles. The maximum absolute atomic E-state index is 5.68. The Bertz CT molecular complexity index is 786. The van der Waals surface area contributed by atoms with Gasteiger partial charge < -0.3 is 15.0 Å². The Morgan fingerprint density at radius 3 is 2.40 bits per heavy atom. The van der Waals surface area contributed by atoms with Crippen LogP contribution in [0.5, 0.6) is 5.75 Å². The zero-order valence-electron chi connectivity index (χ0n) is 14.0. The molecule has 0 saturated carbocycles. The van der Waals surface area contributed by atoms with Gasteiger partial charge in [0.05, 0.1) is 13.7 Å². The lowest BCUT2D eigenvalue weighted by atomic mass is 10.2. The molecule has 0 atom stereocenters. The molecular formula is C20H20N2OS2. The molecule has 2 aromatic carbocycles. The van der Waals surface area contributed by atoms with Crippen molar-refractivity contribution in [3.63, 3.8) is 0 Å². The van der Waals surface area contributed by atoms with Crippen LogP contribution >= 0.6 is 23.6 Å². The Morgan fingerprint density at radius 1 is 1.00 bits per heavy atom. The van der Waals surface area contributed by atoms with Gasteiger partial charge in [-0.15, -0.1) is 11.3 Å². The van der Waals surface area contributed by atoms with Crippen molar-refractivity contribution in [3.8, 4) is 5.75 Å². The fourth-order valence-corrected chi connectivity index (χ4v) is 3.44. The smallest absolute Gasteiger partial charge is 0.174 e. The minimum atomic E-state index is 0.711. The molecule has 128 valence electrons. The fraction of sp³-hybridized carbons (Fsp3) is 0.150. The van der Waals surface area contributed by atoms with Gasteiger partial charge in [0.15, 0.2) is 5.11 Å². The van der Waals surface area contributed by atoms with Gasteiger partial charge in [0, 0.05) is 17.1 Å². The lowest BCUT2D eigenvalue weighted by molar-refractivity contribution is 0.414. The normalized spacial score (nSPS) is 10.3. The quantitative estimate of drug-likeness (QED) is 0.608. The Hall–Kier alpha value is -2.37. The van der Waals surface area contributed by atoms with Gasteiger partial charge in [0.2, 0.25) is 0 Å². The molecule has 0 spiro atoms. The molecule has 1 aromatic heterocycles. The van der Waals surface area contributed by atoms with Crippen LogP contribution < -0.4 is 10.1 Å². The zero-order valence-corrected chi connectivity index (χ0v) is 15.6. The number of rotatable bonds is 6. The first kappa shape index (κ1) is 17.5. The molecule has 0 amide bonds. The van der Waals surface area contributed by atoms with Gasteiger partial charge in [-0.2, -0.15) is 0 Å². The van der Waals surface area contributed by atoms with E-state index in [9.17, 15) is 0 Å². The van der Waals surface area contributed by atoms with Crippen molar-refractivity contribution in [3.05, 3.63) is 82.6 Å². The first-order chi connectivity index (χ1) is 12.2. The molecule has 0 fully saturated rings. The zero-order chi connectivity index (χ0) is 17.5. The second kappa shape index (κ2) is 8.65. The van der Waals surface area contributed by atoms with E-state index in [1.807, 2.05) is 30.3 Å². The van der Waals surface area contributed by atoms with E-state index in [2.05, 4.69) is 52.0 Å². The number of nitrogens with one attached hydrogen (secondary N) is 1. The molecule has 1 heterocycles. The van der Waals surface area contributed by atoms with Crippen LogP contribution in [0.4, 0.5) is 5.69 Å². The van der Waals surface area contributed by atoms with Crippen LogP contribution in [0.3, 0.4) is 0 Å². The highest BCUT2D eigenvalue weighted by Crippen LogP contribution is 2.18. The number of methoxy groups -OCH3 is 1. The summed E-state index contributed by atoms with van der Waals surface area (Å²) >= 11 is 7.42. The van der Waals surface area contributed by atoms with E-state index in [-0.39, 0.29) is 0 Å². The topological polar surface area (TPSA) is 24.5 Å². The van der Waals surface area contributed by atoms with Crippen LogP contribution in [0.15, 0.2) is 72.1 Å². The van der Waals surface area contributed by atoms with Crippen molar-refractivity contribution in [2.45, 2.75) is 13.1 Å². The van der Waals surface area contributed by atoms with E-state index in [4.69, 9.17) is 17.0 Å². The second-order valence-corrected chi connectivity index (χ2v) is 7.00. The Balaban J connectivity index is 1.73. The van der Waals surface area contributed by atoms with E-state index < -0.39 is 0 Å². The van der Waals surface area contributed by atoms with Gasteiger partial charge in [-0.1, -0.05) is 36.4 Å². The van der Waals surface area contributed by atoms with Gasteiger partial charge in [0.1, 0.15) is 5.75 Å². The number of hydrogen-bond donors (Lipinski definition) is 1. The molecule has 25 heavy (non-hydrogen) atoms. The highest BCUT2D eigenvalue weighted by molar-refractivity contribution is 7.80. The van der Waals surface area contributed by atoms with Crippen molar-refractivity contribution in [1.82, 2.24) is 4.90 Å². The van der Waals surface area contributed by atoms with Crippen molar-refractivity contribution >= 4 is 34.4 Å². The average Bonchev–Trinajstić information content (AvgIpc) is 3.16. The van der Waals surface area contributed by atoms with E-state index in [1.54, 1.807) is 18.4 Å². The molecule has 0 unspecified atom stereocenters. The Kier molecular flexibility index (Phi) is 6.04. The van der Waals surface area contributed by atoms with Crippen LogP contribution in [0.1, 0.15) is 10.4 Å². The number of hydrogen-bond acceptors (Lipinski definition) is 3. The number of ether oxygens (including phenoxy) is 1. The summed E-state index contributed by atoms with van der Waals surface area (Å²) in [4.78, 5) is 3.47. The van der Waals surface area contributed by atoms with Crippen molar-refractivity contribution < 1.29 is 4.74 Å². The van der Waals surface area contributed by atoms with E-state index >= 15 is 0 Å². The van der Waals surface area contributed by atoms with Crippen LogP contribution in [-0.2, 0) is 13.1 Å². The number of nitrogens with zero attached hydrogens (tertiary/aromatic N) is 1. The molecular weight excluding hydrogens is 348 g/mol. The SMILES string of the molecule is COc1ccc(NC(=S)N(Cc2ccccc2)Cc2cccs2)cc1. The Morgan fingerprint density at radius 2 is 1.76 bits per heavy atom. The fourth-order valence-electron chi connectivity index (χ4n) is 2.47. The molecule has 3 rings (SSSR count). The largest absolute Gasteiger partial charge is 0.497 e. The maximum Gasteiger partial charge on any atom is 0.174 e. The highest BCUT2D eigenvalue weighted by atomic mass is 32.1. The predicted molar refractivity (Wildman–Crippen MR) is 109 cm³/mol. The summed E-state index contributed by atoms with van der Waals surface area (Å²) < 4.78 is 5.20. The van der Waals surface area contributed by atoms with Crippen LogP contribution in [0.2, 0.25) is 0 Å². The Labute approximate surface area is 157 Å². The van der Waals surface area contributed by atoms with Gasteiger partial charge in [-0.05, 0) is 53.5 Å². The second-order valence-electron chi connectivity index (χ2n) is 5.58. The summed E-state index contributed by atoms with van der Waals surface area (Å²) in [6.45, 7) is 1.55. The third-order valence-corrected chi connectivity index (χ3v) is 4.99. The standard InChI is InChI=1S/C20H20N2OS2/c1-23-18-11-9-17(10-12-18)21-20(24)22(15-19-8-5-13-25-19)14-16-6-3-2-4-7-16/h2-13H,14-15H2,1H3,(H,21,24). The first-order valence-electron chi connectivity index (χ1n) is 8.01. The van der Waals surface area contributed by atoms with Crippen molar-refractivity contribution in [2.75, 3.05) is 12.4 Å². The highest BCUT2D eigenvalue weighted by Gasteiger charge is 2.12. The van der Waals surface area contributed by atoms with Gasteiger partial charge in [-0.3, -0.25) is 0 Å². The first-order valence-corrected chi connectivity index (χ1v) is 9.29. The van der Waals surface area contributed by atoms with Crippen molar-refractivity contribution in [1.29, 1.82) is 0 Å². The minimum Gasteiger partial charge on any atom is -0.497 e. The molecule has 0 bridgehead atoms. The summed E-state index contributed by atoms with van der Waals surface area (Å²) in [5.41, 5.74) is 2.19. The van der Waals surface area contributed by atoms with Crippen molar-refractivity contribution in [2.24, 2.45) is 0 Å². The molecule has 0 radical (unpaired) electrons. The lowest BCUT2D eigenvalue weighted by Crippen LogP contribution is -2.33. The monoisotopic (exact) mass is 368 g/mol. The third-order valence-electron chi connectivity index (χ3n) is 3.77. The van der Waals surface area contributed by atoms with E-state index in [0.29, 0.717) is 5.11 Å².